The van der Waals surface area contributed by atoms with Crippen molar-refractivity contribution in [2.75, 3.05) is 49.5 Å². The molecular weight excluding hydrogens is 598 g/mol. The molecule has 0 bridgehead atoms. The Morgan fingerprint density at radius 2 is 1.40 bits per heavy atom. The van der Waals surface area contributed by atoms with Gasteiger partial charge in [0.05, 0.1) is 5.69 Å². The first-order valence-electron chi connectivity index (χ1n) is 15.8. The van der Waals surface area contributed by atoms with Crippen LogP contribution >= 0.6 is 0 Å². The van der Waals surface area contributed by atoms with Gasteiger partial charge in [0.25, 0.3) is 17.7 Å². The van der Waals surface area contributed by atoms with Crippen molar-refractivity contribution in [1.82, 2.24) is 9.80 Å². The fraction of sp³-hybridized carbons (Fsp3) is 0.237. The Morgan fingerprint density at radius 1 is 0.766 bits per heavy atom. The maximum atomic E-state index is 16.0. The molecule has 1 N–H and O–H groups in total. The lowest BCUT2D eigenvalue weighted by Crippen LogP contribution is -2.48. The van der Waals surface area contributed by atoms with Crippen LogP contribution in [0.5, 0.6) is 0 Å². The van der Waals surface area contributed by atoms with E-state index in [4.69, 9.17) is 0 Å². The first-order valence-corrected chi connectivity index (χ1v) is 15.8. The zero-order valence-corrected chi connectivity index (χ0v) is 26.2. The topological polar surface area (TPSA) is 73.0 Å². The number of allylic oxidation sites excluding steroid dienone is 1. The summed E-state index contributed by atoms with van der Waals surface area (Å²) in [7, 11) is 0. The molecule has 2 aliphatic heterocycles. The number of fused-ring (bicyclic) bond motifs is 1. The van der Waals surface area contributed by atoms with Gasteiger partial charge in [0.1, 0.15) is 0 Å². The largest absolute Gasteiger partial charge is 0.337 e. The molecule has 2 aliphatic rings. The minimum atomic E-state index is -3.37. The third-order valence-corrected chi connectivity index (χ3v) is 8.81. The number of halogens is 2. The van der Waals surface area contributed by atoms with Crippen LogP contribution in [0.25, 0.3) is 16.7 Å². The van der Waals surface area contributed by atoms with Gasteiger partial charge in [-0.1, -0.05) is 79.7 Å². The van der Waals surface area contributed by atoms with E-state index >= 15 is 8.78 Å². The lowest BCUT2D eigenvalue weighted by Gasteiger charge is -2.33. The summed E-state index contributed by atoms with van der Waals surface area (Å²) in [5.41, 5.74) is 2.12. The molecule has 0 radical (unpaired) electrons. The van der Waals surface area contributed by atoms with Gasteiger partial charge in [-0.05, 0) is 42.4 Å². The number of para-hydroxylation sites is 2. The monoisotopic (exact) mass is 634 g/mol. The van der Waals surface area contributed by atoms with E-state index in [0.29, 0.717) is 43.0 Å². The number of hydrogen-bond donors (Lipinski definition) is 1. The minimum absolute atomic E-state index is 0.128. The molecule has 0 unspecified atom stereocenters. The number of amides is 3. The summed E-state index contributed by atoms with van der Waals surface area (Å²) in [5.74, 6) is -4.76. The van der Waals surface area contributed by atoms with E-state index in [1.54, 1.807) is 53.4 Å². The summed E-state index contributed by atoms with van der Waals surface area (Å²) < 4.78 is 31.9. The van der Waals surface area contributed by atoms with E-state index in [1.165, 1.54) is 11.0 Å². The molecule has 4 aromatic carbocycles. The molecule has 0 spiro atoms. The van der Waals surface area contributed by atoms with Gasteiger partial charge in [-0.25, -0.2) is 8.78 Å². The second-order valence-corrected chi connectivity index (χ2v) is 11.7. The van der Waals surface area contributed by atoms with Gasteiger partial charge in [-0.2, -0.15) is 0 Å². The Labute approximate surface area is 273 Å². The van der Waals surface area contributed by atoms with Gasteiger partial charge >= 0.3 is 0 Å². The van der Waals surface area contributed by atoms with Gasteiger partial charge in [0.15, 0.2) is 0 Å². The summed E-state index contributed by atoms with van der Waals surface area (Å²) in [6.45, 7) is 4.92. The first kappa shape index (κ1) is 31.8. The number of rotatable bonds is 6. The highest BCUT2D eigenvalue weighted by molar-refractivity contribution is 6.17. The molecule has 1 fully saturated rings. The lowest BCUT2D eigenvalue weighted by atomic mass is 9.92. The molecular formula is C38H36F2N4O3. The van der Waals surface area contributed by atoms with Gasteiger partial charge < -0.3 is 20.0 Å². The van der Waals surface area contributed by atoms with E-state index in [1.807, 2.05) is 55.5 Å². The second-order valence-electron chi connectivity index (χ2n) is 11.7. The maximum Gasteiger partial charge on any atom is 0.275 e. The average Bonchev–Trinajstić information content (AvgIpc) is 3.21. The number of carbonyl (C=O) groups excluding carboxylic acids is 3. The van der Waals surface area contributed by atoms with Crippen molar-refractivity contribution in [2.45, 2.75) is 19.3 Å². The first-order chi connectivity index (χ1) is 22.8. The number of alkyl halides is 2. The van der Waals surface area contributed by atoms with Gasteiger partial charge in [0, 0.05) is 78.7 Å². The number of hydrogen-bond acceptors (Lipinski definition) is 4. The van der Waals surface area contributed by atoms with Crippen LogP contribution in [0.2, 0.25) is 0 Å². The predicted molar refractivity (Wildman–Crippen MR) is 181 cm³/mol. The number of benzene rings is 4. The van der Waals surface area contributed by atoms with Crippen molar-refractivity contribution in [1.29, 1.82) is 0 Å². The Kier molecular flexibility index (Phi) is 9.26. The van der Waals surface area contributed by atoms with Crippen LogP contribution in [0.15, 0.2) is 109 Å². The van der Waals surface area contributed by atoms with E-state index in [0.717, 1.165) is 12.6 Å². The Hall–Kier alpha value is -5.15. The molecule has 6 rings (SSSR count). The number of nitrogens with one attached hydrogen (secondary N) is 1. The van der Waals surface area contributed by atoms with Crippen molar-refractivity contribution in [3.63, 3.8) is 0 Å². The summed E-state index contributed by atoms with van der Waals surface area (Å²) >= 11 is 0. The maximum absolute atomic E-state index is 16.0. The lowest BCUT2D eigenvalue weighted by molar-refractivity contribution is -0.127. The molecule has 4 aromatic rings. The van der Waals surface area contributed by atoms with Crippen molar-refractivity contribution in [2.24, 2.45) is 0 Å². The van der Waals surface area contributed by atoms with Crippen molar-refractivity contribution in [3.05, 3.63) is 126 Å². The smallest absolute Gasteiger partial charge is 0.275 e. The van der Waals surface area contributed by atoms with Gasteiger partial charge in [-0.15, -0.1) is 0 Å². The number of likely N-dealkylation sites (N-methyl/N-ethyl adjacent to an activating group) is 1. The number of carbonyl (C=O) groups is 3. The van der Waals surface area contributed by atoms with Crippen LogP contribution in [0, 0.1) is 0 Å². The fourth-order valence-corrected chi connectivity index (χ4v) is 6.24. The highest BCUT2D eigenvalue weighted by Gasteiger charge is 2.42. The van der Waals surface area contributed by atoms with Crippen LogP contribution in [-0.4, -0.2) is 72.7 Å². The van der Waals surface area contributed by atoms with E-state index in [9.17, 15) is 14.4 Å². The molecule has 1 saturated heterocycles. The molecule has 240 valence electrons. The highest BCUT2D eigenvalue weighted by atomic mass is 19.3. The van der Waals surface area contributed by atoms with E-state index < -0.39 is 35.6 Å². The molecule has 9 heteroatoms. The predicted octanol–water partition coefficient (Wildman–Crippen LogP) is 6.84. The fourth-order valence-electron chi connectivity index (χ4n) is 6.24. The van der Waals surface area contributed by atoms with Crippen LogP contribution in [-0.2, 0) is 4.79 Å². The number of piperazine rings is 1. The second kappa shape index (κ2) is 13.7. The molecule has 0 aromatic heterocycles. The standard InChI is InChI=1S/C38H36F2N4O3/c1-2-42-22-24-43(25-23-42)34(45)26-32-29-16-9-10-19-33(29)44(21-20-38(32,39)40)37(47)31-18-11-17-30(35(31)27-12-5-3-6-13-27)36(46)41-28-14-7-4-8-15-28/h3-19,26H,2,20-25H2,1H3,(H,41,46). The summed E-state index contributed by atoms with van der Waals surface area (Å²) in [6.07, 6.45) is 0.378. The summed E-state index contributed by atoms with van der Waals surface area (Å²) in [6, 6.07) is 29.4. The number of anilines is 2. The zero-order valence-electron chi connectivity index (χ0n) is 26.2. The Morgan fingerprint density at radius 3 is 2.11 bits per heavy atom. The Bertz CT molecular complexity index is 1800. The summed E-state index contributed by atoms with van der Waals surface area (Å²) in [4.78, 5) is 46.6. The van der Waals surface area contributed by atoms with E-state index in [-0.39, 0.29) is 28.9 Å². The van der Waals surface area contributed by atoms with Crippen LogP contribution in [0.4, 0.5) is 20.2 Å². The van der Waals surface area contributed by atoms with Crippen LogP contribution in [0.3, 0.4) is 0 Å². The Balaban J connectivity index is 1.40. The van der Waals surface area contributed by atoms with E-state index in [2.05, 4.69) is 10.2 Å². The third kappa shape index (κ3) is 6.71. The molecule has 2 heterocycles. The molecule has 0 saturated carbocycles. The third-order valence-electron chi connectivity index (χ3n) is 8.81. The SMILES string of the molecule is CCN1CCN(C(=O)C=C2c3ccccc3N(C(=O)c3cccc(C(=O)Nc4ccccc4)c3-c3ccccc3)CCC2(F)F)CC1. The highest BCUT2D eigenvalue weighted by Crippen LogP contribution is 2.44. The molecule has 0 atom stereocenters. The molecule has 7 nitrogen and oxygen atoms in total. The summed E-state index contributed by atoms with van der Waals surface area (Å²) in [5, 5.41) is 2.90. The zero-order chi connectivity index (χ0) is 33.0. The quantitative estimate of drug-likeness (QED) is 0.236. The molecule has 47 heavy (non-hydrogen) atoms. The average molecular weight is 635 g/mol. The van der Waals surface area contributed by atoms with Crippen LogP contribution < -0.4 is 10.2 Å². The minimum Gasteiger partial charge on any atom is -0.337 e. The van der Waals surface area contributed by atoms with Crippen molar-refractivity contribution in [3.8, 4) is 11.1 Å². The van der Waals surface area contributed by atoms with Gasteiger partial charge in [0.2, 0.25) is 5.91 Å². The molecule has 0 aliphatic carbocycles. The molecule has 3 amide bonds. The van der Waals surface area contributed by atoms with Crippen molar-refractivity contribution < 1.29 is 23.2 Å². The number of nitrogens with zero attached hydrogens (tertiary/aromatic N) is 3. The van der Waals surface area contributed by atoms with Crippen molar-refractivity contribution >= 4 is 34.7 Å². The van der Waals surface area contributed by atoms with Crippen LogP contribution in [0.1, 0.15) is 39.6 Å². The normalized spacial score (nSPS) is 17.1. The van der Waals surface area contributed by atoms with Gasteiger partial charge in [-0.3, -0.25) is 14.4 Å².